The van der Waals surface area contributed by atoms with Gasteiger partial charge in [-0.2, -0.15) is 0 Å². The van der Waals surface area contributed by atoms with E-state index in [9.17, 15) is 9.50 Å². The Morgan fingerprint density at radius 3 is 2.47 bits per heavy atom. The van der Waals surface area contributed by atoms with E-state index in [1.807, 2.05) is 38.1 Å². The highest BCUT2D eigenvalue weighted by Crippen LogP contribution is 2.25. The Bertz CT molecular complexity index is 563. The zero-order valence-corrected chi connectivity index (χ0v) is 11.4. The minimum atomic E-state index is -0.220. The fourth-order valence-electron chi connectivity index (χ4n) is 2.44. The molecule has 0 saturated carbocycles. The second-order valence-electron chi connectivity index (χ2n) is 5.01. The van der Waals surface area contributed by atoms with Crippen molar-refractivity contribution >= 4 is 0 Å². The molecule has 0 spiro atoms. The van der Waals surface area contributed by atoms with Crippen molar-refractivity contribution in [1.29, 1.82) is 0 Å². The Morgan fingerprint density at radius 2 is 1.79 bits per heavy atom. The second kappa shape index (κ2) is 5.98. The van der Waals surface area contributed by atoms with E-state index in [-0.39, 0.29) is 18.3 Å². The molecule has 0 saturated heterocycles. The fraction of sp³-hybridized carbons (Fsp3) is 0.294. The van der Waals surface area contributed by atoms with Crippen molar-refractivity contribution in [3.05, 3.63) is 70.5 Å². The Kier molecular flexibility index (Phi) is 4.33. The van der Waals surface area contributed by atoms with Crippen LogP contribution in [0.3, 0.4) is 0 Å². The molecule has 0 heterocycles. The number of halogens is 1. The van der Waals surface area contributed by atoms with Gasteiger partial charge >= 0.3 is 0 Å². The van der Waals surface area contributed by atoms with Crippen LogP contribution in [-0.4, -0.2) is 11.7 Å². The molecule has 2 aromatic carbocycles. The van der Waals surface area contributed by atoms with Crippen LogP contribution in [0.5, 0.6) is 0 Å². The van der Waals surface area contributed by atoms with Gasteiger partial charge in [-0.1, -0.05) is 30.3 Å². The van der Waals surface area contributed by atoms with Gasteiger partial charge < -0.3 is 5.11 Å². The average molecular weight is 258 g/mol. The number of aryl methyl sites for hydroxylation is 2. The SMILES string of the molecule is Cc1ccc(F)cc1CC(CO)c1ccccc1C. The van der Waals surface area contributed by atoms with Crippen LogP contribution in [0, 0.1) is 19.7 Å². The van der Waals surface area contributed by atoms with Gasteiger partial charge in [-0.25, -0.2) is 4.39 Å². The molecule has 0 amide bonds. The Balaban J connectivity index is 2.29. The van der Waals surface area contributed by atoms with Gasteiger partial charge in [0.15, 0.2) is 0 Å². The summed E-state index contributed by atoms with van der Waals surface area (Å²) >= 11 is 0. The van der Waals surface area contributed by atoms with Gasteiger partial charge in [0.1, 0.15) is 5.82 Å². The van der Waals surface area contributed by atoms with Crippen molar-refractivity contribution in [2.45, 2.75) is 26.2 Å². The first-order valence-electron chi connectivity index (χ1n) is 6.53. The largest absolute Gasteiger partial charge is 0.396 e. The monoisotopic (exact) mass is 258 g/mol. The molecule has 0 fully saturated rings. The standard InChI is InChI=1S/C17H19FO/c1-12-7-8-16(18)10-14(12)9-15(11-19)17-6-4-3-5-13(17)2/h3-8,10,15,19H,9,11H2,1-2H3. The normalized spacial score (nSPS) is 12.4. The van der Waals surface area contributed by atoms with E-state index in [2.05, 4.69) is 0 Å². The van der Waals surface area contributed by atoms with Crippen LogP contribution >= 0.6 is 0 Å². The number of rotatable bonds is 4. The number of aliphatic hydroxyl groups is 1. The van der Waals surface area contributed by atoms with E-state index >= 15 is 0 Å². The Morgan fingerprint density at radius 1 is 1.05 bits per heavy atom. The molecule has 0 aromatic heterocycles. The van der Waals surface area contributed by atoms with E-state index in [1.54, 1.807) is 12.1 Å². The fourth-order valence-corrected chi connectivity index (χ4v) is 2.44. The van der Waals surface area contributed by atoms with E-state index in [0.29, 0.717) is 6.42 Å². The van der Waals surface area contributed by atoms with E-state index < -0.39 is 0 Å². The topological polar surface area (TPSA) is 20.2 Å². The Labute approximate surface area is 113 Å². The molecule has 1 unspecified atom stereocenters. The number of benzene rings is 2. The summed E-state index contributed by atoms with van der Waals surface area (Å²) < 4.78 is 13.3. The summed E-state index contributed by atoms with van der Waals surface area (Å²) in [6.07, 6.45) is 0.658. The van der Waals surface area contributed by atoms with Gasteiger partial charge in [0.2, 0.25) is 0 Å². The van der Waals surface area contributed by atoms with Crippen molar-refractivity contribution in [3.8, 4) is 0 Å². The highest BCUT2D eigenvalue weighted by Gasteiger charge is 2.14. The minimum Gasteiger partial charge on any atom is -0.396 e. The summed E-state index contributed by atoms with van der Waals surface area (Å²) in [7, 11) is 0. The second-order valence-corrected chi connectivity index (χ2v) is 5.01. The van der Waals surface area contributed by atoms with Crippen molar-refractivity contribution < 1.29 is 9.50 Å². The molecule has 1 atom stereocenters. The predicted molar refractivity (Wildman–Crippen MR) is 75.8 cm³/mol. The third-order valence-electron chi connectivity index (χ3n) is 3.63. The molecule has 19 heavy (non-hydrogen) atoms. The maximum atomic E-state index is 13.3. The van der Waals surface area contributed by atoms with Crippen molar-refractivity contribution in [2.75, 3.05) is 6.61 Å². The van der Waals surface area contributed by atoms with Crippen LogP contribution < -0.4 is 0 Å². The van der Waals surface area contributed by atoms with Crippen LogP contribution in [-0.2, 0) is 6.42 Å². The first kappa shape index (κ1) is 13.8. The number of aliphatic hydroxyl groups excluding tert-OH is 1. The third kappa shape index (κ3) is 3.21. The van der Waals surface area contributed by atoms with Gasteiger partial charge in [0, 0.05) is 5.92 Å². The van der Waals surface area contributed by atoms with Gasteiger partial charge in [0.05, 0.1) is 6.61 Å². The predicted octanol–water partition coefficient (Wildman–Crippen LogP) is 3.76. The van der Waals surface area contributed by atoms with Crippen molar-refractivity contribution in [2.24, 2.45) is 0 Å². The van der Waals surface area contributed by atoms with Crippen molar-refractivity contribution in [1.82, 2.24) is 0 Å². The highest BCUT2D eigenvalue weighted by molar-refractivity contribution is 5.33. The lowest BCUT2D eigenvalue weighted by atomic mass is 9.88. The van der Waals surface area contributed by atoms with Crippen LogP contribution in [0.4, 0.5) is 4.39 Å². The van der Waals surface area contributed by atoms with Crippen LogP contribution in [0.1, 0.15) is 28.2 Å². The first-order valence-corrected chi connectivity index (χ1v) is 6.53. The molecule has 1 nitrogen and oxygen atoms in total. The summed E-state index contributed by atoms with van der Waals surface area (Å²) in [4.78, 5) is 0. The van der Waals surface area contributed by atoms with Crippen LogP contribution in [0.2, 0.25) is 0 Å². The smallest absolute Gasteiger partial charge is 0.123 e. The molecular formula is C17H19FO. The highest BCUT2D eigenvalue weighted by atomic mass is 19.1. The third-order valence-corrected chi connectivity index (χ3v) is 3.63. The first-order chi connectivity index (χ1) is 9.11. The number of hydrogen-bond acceptors (Lipinski definition) is 1. The summed E-state index contributed by atoms with van der Waals surface area (Å²) in [5, 5.41) is 9.63. The van der Waals surface area contributed by atoms with Gasteiger partial charge in [-0.05, 0) is 54.7 Å². The molecule has 0 aliphatic rings. The van der Waals surface area contributed by atoms with Gasteiger partial charge in [-0.15, -0.1) is 0 Å². The quantitative estimate of drug-likeness (QED) is 0.885. The molecule has 2 aromatic rings. The maximum absolute atomic E-state index is 13.3. The van der Waals surface area contributed by atoms with E-state index in [1.165, 1.54) is 6.07 Å². The van der Waals surface area contributed by atoms with Gasteiger partial charge in [0.25, 0.3) is 0 Å². The molecule has 0 aliphatic carbocycles. The molecule has 0 radical (unpaired) electrons. The van der Waals surface area contributed by atoms with Gasteiger partial charge in [-0.3, -0.25) is 0 Å². The lowest BCUT2D eigenvalue weighted by Gasteiger charge is -2.18. The lowest BCUT2D eigenvalue weighted by molar-refractivity contribution is 0.264. The average Bonchev–Trinajstić information content (AvgIpc) is 2.41. The summed E-state index contributed by atoms with van der Waals surface area (Å²) in [5.41, 5.74) is 4.32. The zero-order valence-electron chi connectivity index (χ0n) is 11.4. The molecular weight excluding hydrogens is 239 g/mol. The van der Waals surface area contributed by atoms with E-state index in [4.69, 9.17) is 0 Å². The summed E-state index contributed by atoms with van der Waals surface area (Å²) in [5.74, 6) is -0.205. The van der Waals surface area contributed by atoms with Crippen LogP contribution in [0.25, 0.3) is 0 Å². The summed E-state index contributed by atoms with van der Waals surface area (Å²) in [6, 6.07) is 12.9. The lowest BCUT2D eigenvalue weighted by Crippen LogP contribution is -2.10. The molecule has 2 heteroatoms. The number of hydrogen-bond donors (Lipinski definition) is 1. The van der Waals surface area contributed by atoms with E-state index in [0.717, 1.165) is 22.3 Å². The Hall–Kier alpha value is -1.67. The molecule has 0 bridgehead atoms. The molecule has 0 aliphatic heterocycles. The molecule has 100 valence electrons. The van der Waals surface area contributed by atoms with Crippen molar-refractivity contribution in [3.63, 3.8) is 0 Å². The summed E-state index contributed by atoms with van der Waals surface area (Å²) in [6.45, 7) is 4.08. The minimum absolute atomic E-state index is 0.0155. The molecule has 2 rings (SSSR count). The zero-order chi connectivity index (χ0) is 13.8. The van der Waals surface area contributed by atoms with Crippen LogP contribution in [0.15, 0.2) is 42.5 Å². The molecule has 1 N–H and O–H groups in total. The maximum Gasteiger partial charge on any atom is 0.123 e.